The molecule has 1 saturated heterocycles. The van der Waals surface area contributed by atoms with Gasteiger partial charge in [-0.15, -0.1) is 0 Å². The van der Waals surface area contributed by atoms with Crippen LogP contribution in [-0.2, 0) is 22.1 Å². The van der Waals surface area contributed by atoms with E-state index in [4.69, 9.17) is 9.47 Å². The minimum absolute atomic E-state index is 0.0634. The minimum Gasteiger partial charge on any atom is -0.494 e. The number of ether oxygens (including phenoxy) is 2. The number of alkyl halides is 3. The number of hydrogen-bond acceptors (Lipinski definition) is 8. The number of aromatic nitrogens is 2. The lowest BCUT2D eigenvalue weighted by atomic mass is 10.0. The van der Waals surface area contributed by atoms with Gasteiger partial charge in [-0.3, -0.25) is 9.69 Å². The summed E-state index contributed by atoms with van der Waals surface area (Å²) in [6.45, 7) is 10.2. The van der Waals surface area contributed by atoms with E-state index in [0.717, 1.165) is 31.9 Å². The Bertz CT molecular complexity index is 1480. The molecule has 8 nitrogen and oxygen atoms in total. The molecule has 0 radical (unpaired) electrons. The average molecular weight is 582 g/mol. The van der Waals surface area contributed by atoms with Crippen molar-refractivity contribution in [3.63, 3.8) is 0 Å². The average Bonchev–Trinajstić information content (AvgIpc) is 2.96. The van der Waals surface area contributed by atoms with E-state index in [1.165, 1.54) is 14.2 Å². The molecule has 0 bridgehead atoms. The second-order valence-corrected chi connectivity index (χ2v) is 10.8. The molecule has 0 saturated carbocycles. The van der Waals surface area contributed by atoms with Crippen molar-refractivity contribution in [2.45, 2.75) is 38.9 Å². The lowest BCUT2D eigenvalue weighted by Crippen LogP contribution is -2.53. The molecule has 1 N–H and O–H groups in total. The van der Waals surface area contributed by atoms with E-state index in [9.17, 15) is 18.0 Å². The van der Waals surface area contributed by atoms with Crippen molar-refractivity contribution in [1.29, 1.82) is 0 Å². The number of carbonyl (C=O) groups excluding carboxylic acids is 1. The molecule has 1 fully saturated rings. The predicted molar refractivity (Wildman–Crippen MR) is 155 cm³/mol. The summed E-state index contributed by atoms with van der Waals surface area (Å²) in [5.41, 5.74) is 0.942. The van der Waals surface area contributed by atoms with Gasteiger partial charge >= 0.3 is 12.1 Å². The van der Waals surface area contributed by atoms with Gasteiger partial charge in [-0.25, -0.2) is 9.97 Å². The monoisotopic (exact) mass is 581 g/mol. The zero-order valence-corrected chi connectivity index (χ0v) is 24.3. The molecule has 1 aliphatic heterocycles. The van der Waals surface area contributed by atoms with Crippen LogP contribution in [0.4, 0.5) is 30.5 Å². The number of halogens is 3. The Balaban J connectivity index is 1.60. The maximum Gasteiger partial charge on any atom is 0.420 e. The van der Waals surface area contributed by atoms with Crippen LogP contribution in [0.25, 0.3) is 0 Å². The Morgan fingerprint density at radius 2 is 1.74 bits per heavy atom. The quantitative estimate of drug-likeness (QED) is 0.311. The maximum atomic E-state index is 13.8. The van der Waals surface area contributed by atoms with Gasteiger partial charge in [0, 0.05) is 55.2 Å². The molecule has 222 valence electrons. The molecule has 0 atom stereocenters. The minimum atomic E-state index is -4.72. The Kier molecular flexibility index (Phi) is 9.27. The van der Waals surface area contributed by atoms with E-state index in [1.54, 1.807) is 30.3 Å². The van der Waals surface area contributed by atoms with Gasteiger partial charge in [-0.2, -0.15) is 13.2 Å². The highest BCUT2D eigenvalue weighted by Gasteiger charge is 2.35. The van der Waals surface area contributed by atoms with Gasteiger partial charge in [0.2, 0.25) is 5.95 Å². The summed E-state index contributed by atoms with van der Waals surface area (Å²) in [5.74, 6) is 5.21. The second-order valence-electron chi connectivity index (χ2n) is 10.8. The SMILES string of the molecule is COC(=O)Cc1ccccc1C#Cc1nc(Nc2ccc(N3CCN(C(C)(C)C)CC3)cc2OC)ncc1C(F)(F)F. The van der Waals surface area contributed by atoms with Gasteiger partial charge in [0.1, 0.15) is 17.0 Å². The van der Waals surface area contributed by atoms with Crippen LogP contribution in [0.15, 0.2) is 48.7 Å². The predicted octanol–water partition coefficient (Wildman–Crippen LogP) is 5.28. The second kappa shape index (κ2) is 12.7. The molecule has 0 unspecified atom stereocenters. The summed E-state index contributed by atoms with van der Waals surface area (Å²) in [5, 5.41) is 2.97. The topological polar surface area (TPSA) is 79.8 Å². The van der Waals surface area contributed by atoms with E-state index in [1.807, 2.05) is 12.1 Å². The Morgan fingerprint density at radius 3 is 2.38 bits per heavy atom. The fourth-order valence-corrected chi connectivity index (χ4v) is 4.63. The van der Waals surface area contributed by atoms with E-state index in [2.05, 4.69) is 57.7 Å². The third-order valence-electron chi connectivity index (χ3n) is 7.01. The van der Waals surface area contributed by atoms with Crippen molar-refractivity contribution in [3.05, 3.63) is 71.0 Å². The van der Waals surface area contributed by atoms with E-state index in [0.29, 0.717) is 28.8 Å². The highest BCUT2D eigenvalue weighted by Crippen LogP contribution is 2.34. The summed E-state index contributed by atoms with van der Waals surface area (Å²) in [6, 6.07) is 12.3. The van der Waals surface area contributed by atoms with Gasteiger partial charge in [0.25, 0.3) is 0 Å². The molecule has 0 aliphatic carbocycles. The molecular formula is C31H34F3N5O3. The number of esters is 1. The molecular weight excluding hydrogens is 547 g/mol. The van der Waals surface area contributed by atoms with Gasteiger partial charge in [0.15, 0.2) is 0 Å². The third kappa shape index (κ3) is 7.50. The van der Waals surface area contributed by atoms with Crippen LogP contribution in [-0.4, -0.2) is 66.8 Å². The molecule has 11 heteroatoms. The summed E-state index contributed by atoms with van der Waals surface area (Å²) >= 11 is 0. The number of benzene rings is 2. The Labute approximate surface area is 243 Å². The fourth-order valence-electron chi connectivity index (χ4n) is 4.63. The van der Waals surface area contributed by atoms with Crippen LogP contribution < -0.4 is 15.0 Å². The zero-order chi connectivity index (χ0) is 30.5. The normalized spacial score (nSPS) is 14.1. The van der Waals surface area contributed by atoms with Crippen LogP contribution in [0.3, 0.4) is 0 Å². The maximum absolute atomic E-state index is 13.8. The molecule has 2 heterocycles. The molecule has 0 amide bonds. The summed E-state index contributed by atoms with van der Waals surface area (Å²) in [4.78, 5) is 24.5. The van der Waals surface area contributed by atoms with Crippen molar-refractivity contribution in [2.24, 2.45) is 0 Å². The molecule has 3 aromatic rings. The number of piperazine rings is 1. The number of nitrogens with zero attached hydrogens (tertiary/aromatic N) is 4. The first-order chi connectivity index (χ1) is 19.9. The van der Waals surface area contributed by atoms with Crippen LogP contribution >= 0.6 is 0 Å². The molecule has 1 aromatic heterocycles. The van der Waals surface area contributed by atoms with Crippen LogP contribution in [0.1, 0.15) is 43.2 Å². The largest absolute Gasteiger partial charge is 0.494 e. The van der Waals surface area contributed by atoms with Crippen LogP contribution in [0, 0.1) is 11.8 Å². The van der Waals surface area contributed by atoms with E-state index < -0.39 is 23.4 Å². The van der Waals surface area contributed by atoms with Gasteiger partial charge in [-0.1, -0.05) is 24.1 Å². The highest BCUT2D eigenvalue weighted by molar-refractivity contribution is 5.73. The zero-order valence-electron chi connectivity index (χ0n) is 24.3. The van der Waals surface area contributed by atoms with Gasteiger partial charge in [-0.05, 0) is 50.5 Å². The fraction of sp³-hybridized carbons (Fsp3) is 0.387. The molecule has 42 heavy (non-hydrogen) atoms. The lowest BCUT2D eigenvalue weighted by molar-refractivity contribution is -0.140. The third-order valence-corrected chi connectivity index (χ3v) is 7.01. The number of carbonyl (C=O) groups is 1. The molecule has 1 aliphatic rings. The summed E-state index contributed by atoms with van der Waals surface area (Å²) < 4.78 is 51.7. The van der Waals surface area contributed by atoms with Crippen molar-refractivity contribution in [3.8, 4) is 17.6 Å². The Morgan fingerprint density at radius 1 is 1.02 bits per heavy atom. The van der Waals surface area contributed by atoms with Gasteiger partial charge < -0.3 is 19.7 Å². The first-order valence-corrected chi connectivity index (χ1v) is 13.4. The Hall–Kier alpha value is -4.30. The van der Waals surface area contributed by atoms with Crippen molar-refractivity contribution in [2.75, 3.05) is 50.6 Å². The highest BCUT2D eigenvalue weighted by atomic mass is 19.4. The molecule has 0 spiro atoms. The summed E-state index contributed by atoms with van der Waals surface area (Å²) in [6.07, 6.45) is -4.08. The standard InChI is InChI=1S/C31H34F3N5O3/c1-30(2,3)39-16-14-38(15-17-39)23-11-13-26(27(19-23)41-4)37-29-35-20-24(31(32,33)34)25(36-29)12-10-21-8-6-7-9-22(21)18-28(40)42-5/h6-9,11,13,19-20H,14-18H2,1-5H3,(H,35,36,37). The first kappa shape index (κ1) is 30.7. The number of hydrogen-bond donors (Lipinski definition) is 1. The number of methoxy groups -OCH3 is 2. The van der Waals surface area contributed by atoms with Crippen LogP contribution in [0.5, 0.6) is 5.75 Å². The number of anilines is 3. The smallest absolute Gasteiger partial charge is 0.420 e. The van der Waals surface area contributed by atoms with Crippen molar-refractivity contribution < 1.29 is 27.4 Å². The first-order valence-electron chi connectivity index (χ1n) is 13.4. The van der Waals surface area contributed by atoms with Crippen LogP contribution in [0.2, 0.25) is 0 Å². The van der Waals surface area contributed by atoms with Crippen molar-refractivity contribution in [1.82, 2.24) is 14.9 Å². The molecule has 4 rings (SSSR count). The number of rotatable bonds is 6. The van der Waals surface area contributed by atoms with E-state index >= 15 is 0 Å². The molecule has 2 aromatic carbocycles. The summed E-state index contributed by atoms with van der Waals surface area (Å²) in [7, 11) is 2.79. The van der Waals surface area contributed by atoms with Crippen molar-refractivity contribution >= 4 is 23.3 Å². The lowest BCUT2D eigenvalue weighted by Gasteiger charge is -2.43. The van der Waals surface area contributed by atoms with Gasteiger partial charge in [0.05, 0.1) is 26.3 Å². The van der Waals surface area contributed by atoms with E-state index in [-0.39, 0.29) is 17.9 Å². The number of nitrogens with one attached hydrogen (secondary N) is 1.